The van der Waals surface area contributed by atoms with Crippen LogP contribution < -0.4 is 15.4 Å². The number of rotatable bonds is 13. The Morgan fingerprint density at radius 2 is 1.82 bits per heavy atom. The lowest BCUT2D eigenvalue weighted by molar-refractivity contribution is -0.141. The molecule has 0 amide bonds. The van der Waals surface area contributed by atoms with Crippen LogP contribution >= 0.6 is 0 Å². The van der Waals surface area contributed by atoms with E-state index in [0.29, 0.717) is 17.8 Å². The van der Waals surface area contributed by atoms with E-state index in [2.05, 4.69) is 16.7 Å². The third kappa shape index (κ3) is 7.61. The zero-order chi connectivity index (χ0) is 24.4. The van der Waals surface area contributed by atoms with E-state index in [1.807, 2.05) is 19.1 Å². The van der Waals surface area contributed by atoms with Crippen LogP contribution in [0, 0.1) is 6.92 Å². The Morgan fingerprint density at radius 3 is 2.45 bits per heavy atom. The number of hydrogen-bond donors (Lipinski definition) is 3. The number of anilines is 1. The van der Waals surface area contributed by atoms with Crippen LogP contribution in [0.1, 0.15) is 41.3 Å². The fourth-order valence-corrected chi connectivity index (χ4v) is 3.58. The minimum atomic E-state index is -1.07. The van der Waals surface area contributed by atoms with Crippen LogP contribution in [-0.4, -0.2) is 55.7 Å². The molecule has 0 spiro atoms. The monoisotopic (exact) mass is 456 g/mol. The molecular weight excluding hydrogens is 424 g/mol. The van der Waals surface area contributed by atoms with Gasteiger partial charge in [-0.15, -0.1) is 0 Å². The van der Waals surface area contributed by atoms with Crippen molar-refractivity contribution in [1.82, 2.24) is 5.32 Å². The summed E-state index contributed by atoms with van der Waals surface area (Å²) in [5.41, 5.74) is 2.96. The lowest BCUT2D eigenvalue weighted by Crippen LogP contribution is -2.40. The molecule has 0 saturated heterocycles. The van der Waals surface area contributed by atoms with E-state index in [4.69, 9.17) is 9.47 Å². The van der Waals surface area contributed by atoms with E-state index in [-0.39, 0.29) is 12.2 Å². The first-order valence-electron chi connectivity index (χ1n) is 10.8. The molecule has 8 heteroatoms. The lowest BCUT2D eigenvalue weighted by atomic mass is 9.99. The van der Waals surface area contributed by atoms with E-state index < -0.39 is 24.0 Å². The Morgan fingerprint density at radius 1 is 1.09 bits per heavy atom. The maximum atomic E-state index is 13.2. The molecule has 0 aliphatic rings. The number of ether oxygens (including phenoxy) is 2. The Kier molecular flexibility index (Phi) is 9.87. The van der Waals surface area contributed by atoms with Gasteiger partial charge in [-0.05, 0) is 62.6 Å². The van der Waals surface area contributed by atoms with Crippen molar-refractivity contribution < 1.29 is 29.0 Å². The molecule has 2 aromatic carbocycles. The van der Waals surface area contributed by atoms with Gasteiger partial charge in [0.25, 0.3) is 0 Å². The molecule has 2 atom stereocenters. The first-order valence-corrected chi connectivity index (χ1v) is 10.8. The van der Waals surface area contributed by atoms with Crippen molar-refractivity contribution in [1.29, 1.82) is 0 Å². The number of carbonyl (C=O) groups is 3. The summed E-state index contributed by atoms with van der Waals surface area (Å²) < 4.78 is 10.0. The number of Topliss-reactive ketones (excluding diaryl/α,β-unsaturated/α-hetero) is 1. The second-order valence-electron chi connectivity index (χ2n) is 7.81. The average Bonchev–Trinajstić information content (AvgIpc) is 2.80. The fourth-order valence-electron chi connectivity index (χ4n) is 3.58. The molecule has 0 bridgehead atoms. The minimum absolute atomic E-state index is 0.317. The number of hydrogen-bond acceptors (Lipinski definition) is 7. The highest BCUT2D eigenvalue weighted by Crippen LogP contribution is 2.21. The number of carboxylic acid groups (broad SMARTS) is 1. The molecule has 0 heterocycles. The van der Waals surface area contributed by atoms with Gasteiger partial charge in [-0.1, -0.05) is 24.3 Å². The molecule has 0 fully saturated rings. The second-order valence-corrected chi connectivity index (χ2v) is 7.81. The molecule has 3 N–H and O–H groups in total. The molecule has 2 aromatic rings. The summed E-state index contributed by atoms with van der Waals surface area (Å²) in [6, 6.07) is 11.2. The van der Waals surface area contributed by atoms with Crippen LogP contribution in [0.3, 0.4) is 0 Å². The zero-order valence-electron chi connectivity index (χ0n) is 19.5. The SMILES string of the molecule is COC(=O)C(C)Nc1ccccc1C(=O)[C@H](CC(=O)O)NCCCc1ccc(OC)c(C)c1. The zero-order valence-corrected chi connectivity index (χ0v) is 19.5. The van der Waals surface area contributed by atoms with Crippen molar-refractivity contribution in [2.45, 2.75) is 45.2 Å². The van der Waals surface area contributed by atoms with E-state index >= 15 is 0 Å². The smallest absolute Gasteiger partial charge is 0.327 e. The van der Waals surface area contributed by atoms with E-state index in [0.717, 1.165) is 29.7 Å². The molecule has 0 aromatic heterocycles. The first kappa shape index (κ1) is 25.9. The quantitative estimate of drug-likeness (QED) is 0.239. The van der Waals surface area contributed by atoms with Gasteiger partial charge in [0.2, 0.25) is 0 Å². The summed E-state index contributed by atoms with van der Waals surface area (Å²) in [7, 11) is 2.92. The van der Waals surface area contributed by atoms with Crippen molar-refractivity contribution in [2.75, 3.05) is 26.1 Å². The summed E-state index contributed by atoms with van der Waals surface area (Å²) in [5.74, 6) is -1.05. The van der Waals surface area contributed by atoms with Crippen molar-refractivity contribution >= 4 is 23.4 Å². The number of nitrogens with one attached hydrogen (secondary N) is 2. The molecule has 178 valence electrons. The molecule has 33 heavy (non-hydrogen) atoms. The molecular formula is C25H32N2O6. The number of methoxy groups -OCH3 is 2. The van der Waals surface area contributed by atoms with Crippen LogP contribution in [0.15, 0.2) is 42.5 Å². The van der Waals surface area contributed by atoms with Crippen LogP contribution in [0.4, 0.5) is 5.69 Å². The number of aryl methyl sites for hydroxylation is 2. The molecule has 2 rings (SSSR count). The van der Waals surface area contributed by atoms with Gasteiger partial charge < -0.3 is 25.2 Å². The standard InChI is InChI=1S/C25H32N2O6/c1-16-14-18(11-12-22(16)32-3)8-7-13-26-21(15-23(28)29)24(30)19-9-5-6-10-20(19)27-17(2)25(31)33-4/h5-6,9-12,14,17,21,26-27H,7-8,13,15H2,1-4H3,(H,28,29)/t17?,21-/m0/s1. The van der Waals surface area contributed by atoms with Gasteiger partial charge in [0.15, 0.2) is 5.78 Å². The maximum absolute atomic E-state index is 13.2. The minimum Gasteiger partial charge on any atom is -0.496 e. The Bertz CT molecular complexity index is 975. The highest BCUT2D eigenvalue weighted by molar-refractivity contribution is 6.06. The van der Waals surface area contributed by atoms with Gasteiger partial charge in [0.05, 0.1) is 26.7 Å². The molecule has 0 saturated carbocycles. The average molecular weight is 457 g/mol. The number of esters is 1. The molecule has 1 unspecified atom stereocenters. The van der Waals surface area contributed by atoms with Gasteiger partial charge in [-0.3, -0.25) is 9.59 Å². The summed E-state index contributed by atoms with van der Waals surface area (Å²) in [6.45, 7) is 4.08. The Hall–Kier alpha value is -3.39. The maximum Gasteiger partial charge on any atom is 0.327 e. The number of carbonyl (C=O) groups excluding carboxylic acids is 2. The topological polar surface area (TPSA) is 114 Å². The first-order chi connectivity index (χ1) is 15.8. The van der Waals surface area contributed by atoms with Crippen molar-refractivity contribution in [3.8, 4) is 5.75 Å². The molecule has 8 nitrogen and oxygen atoms in total. The van der Waals surface area contributed by atoms with Crippen LogP contribution in [0.2, 0.25) is 0 Å². The van der Waals surface area contributed by atoms with Crippen LogP contribution in [0.5, 0.6) is 5.75 Å². The summed E-state index contributed by atoms with van der Waals surface area (Å²) >= 11 is 0. The largest absolute Gasteiger partial charge is 0.496 e. The predicted octanol–water partition coefficient (Wildman–Crippen LogP) is 3.23. The van der Waals surface area contributed by atoms with Gasteiger partial charge in [-0.2, -0.15) is 0 Å². The fraction of sp³-hybridized carbons (Fsp3) is 0.400. The Labute approximate surface area is 194 Å². The van der Waals surface area contributed by atoms with Crippen LogP contribution in [0.25, 0.3) is 0 Å². The normalized spacial score (nSPS) is 12.5. The molecule has 0 aliphatic heterocycles. The van der Waals surface area contributed by atoms with Crippen molar-refractivity contribution in [3.05, 3.63) is 59.2 Å². The van der Waals surface area contributed by atoms with Gasteiger partial charge in [0, 0.05) is 11.3 Å². The number of carboxylic acids is 1. The van der Waals surface area contributed by atoms with E-state index in [9.17, 15) is 19.5 Å². The third-order valence-corrected chi connectivity index (χ3v) is 5.31. The second kappa shape index (κ2) is 12.6. The number of para-hydroxylation sites is 1. The summed E-state index contributed by atoms with van der Waals surface area (Å²) in [6.07, 6.45) is 1.16. The summed E-state index contributed by atoms with van der Waals surface area (Å²) in [5, 5.41) is 15.4. The van der Waals surface area contributed by atoms with E-state index in [1.54, 1.807) is 38.3 Å². The number of aliphatic carboxylic acids is 1. The predicted molar refractivity (Wildman–Crippen MR) is 126 cm³/mol. The lowest BCUT2D eigenvalue weighted by Gasteiger charge is -2.20. The van der Waals surface area contributed by atoms with Gasteiger partial charge >= 0.3 is 11.9 Å². The number of ketones is 1. The van der Waals surface area contributed by atoms with E-state index in [1.165, 1.54) is 7.11 Å². The molecule has 0 radical (unpaired) electrons. The molecule has 0 aliphatic carbocycles. The van der Waals surface area contributed by atoms with Crippen molar-refractivity contribution in [2.24, 2.45) is 0 Å². The Balaban J connectivity index is 2.06. The third-order valence-electron chi connectivity index (χ3n) is 5.31. The summed E-state index contributed by atoms with van der Waals surface area (Å²) in [4.78, 5) is 36.4. The highest BCUT2D eigenvalue weighted by Gasteiger charge is 2.25. The van der Waals surface area contributed by atoms with Gasteiger partial charge in [-0.25, -0.2) is 4.79 Å². The van der Waals surface area contributed by atoms with Crippen molar-refractivity contribution in [3.63, 3.8) is 0 Å². The van der Waals surface area contributed by atoms with Gasteiger partial charge in [0.1, 0.15) is 11.8 Å². The highest BCUT2D eigenvalue weighted by atomic mass is 16.5. The van der Waals surface area contributed by atoms with Crippen LogP contribution in [-0.2, 0) is 20.7 Å². The number of benzene rings is 2.